The Hall–Kier alpha value is -4.70. The lowest BCUT2D eigenvalue weighted by molar-refractivity contribution is -0.408. The van der Waals surface area contributed by atoms with E-state index in [1.165, 1.54) is 24.3 Å². The molecule has 268 valence electrons. The van der Waals surface area contributed by atoms with E-state index >= 15 is 0 Å². The zero-order chi connectivity index (χ0) is 37.2. The van der Waals surface area contributed by atoms with E-state index in [2.05, 4.69) is 11.5 Å². The predicted octanol–water partition coefficient (Wildman–Crippen LogP) is 2.13. The molecule has 14 heteroatoms. The highest BCUT2D eigenvalue weighted by Crippen LogP contribution is 2.09. The molecule has 0 aliphatic rings. The summed E-state index contributed by atoms with van der Waals surface area (Å²) >= 11 is 0. The van der Waals surface area contributed by atoms with Gasteiger partial charge in [-0.2, -0.15) is 0 Å². The van der Waals surface area contributed by atoms with Crippen LogP contribution in [0.2, 0.25) is 0 Å². The van der Waals surface area contributed by atoms with Crippen molar-refractivity contribution in [2.45, 2.75) is 48.6 Å². The fraction of sp³-hybridized carbons (Fsp3) is 0.222. The summed E-state index contributed by atoms with van der Waals surface area (Å²) in [6.07, 6.45) is 4.37. The van der Waals surface area contributed by atoms with Crippen LogP contribution in [0.5, 0.6) is 0 Å². The van der Waals surface area contributed by atoms with Crippen molar-refractivity contribution in [3.63, 3.8) is 0 Å². The third kappa shape index (κ3) is 16.6. The molecule has 4 aromatic carbocycles. The van der Waals surface area contributed by atoms with Crippen molar-refractivity contribution >= 4 is 32.2 Å². The molecule has 4 aromatic rings. The van der Waals surface area contributed by atoms with Gasteiger partial charge in [-0.15, -0.1) is 0 Å². The zero-order valence-corrected chi connectivity index (χ0v) is 29.5. The fourth-order valence-corrected chi connectivity index (χ4v) is 4.94. The maximum Gasteiger partial charge on any atom is 0.365 e. The quantitative estimate of drug-likeness (QED) is 0.123. The number of carbonyl (C=O) groups is 2. The minimum absolute atomic E-state index is 0.120. The fourth-order valence-electron chi connectivity index (χ4n) is 4.01. The van der Waals surface area contributed by atoms with E-state index in [-0.39, 0.29) is 34.9 Å². The number of quaternary nitrogens is 2. The van der Waals surface area contributed by atoms with E-state index in [1.54, 1.807) is 36.4 Å². The largest absolute Gasteiger partial charge is 0.744 e. The van der Waals surface area contributed by atoms with Crippen LogP contribution in [0.4, 0.5) is 0 Å². The highest BCUT2D eigenvalue weighted by atomic mass is 32.2. The minimum Gasteiger partial charge on any atom is -0.744 e. The van der Waals surface area contributed by atoms with Gasteiger partial charge in [0.1, 0.15) is 33.5 Å². The molecule has 0 saturated heterocycles. The number of ether oxygens (including phenoxy) is 2. The van der Waals surface area contributed by atoms with Crippen molar-refractivity contribution in [3.05, 3.63) is 144 Å². The lowest BCUT2D eigenvalue weighted by Crippen LogP contribution is -2.66. The lowest BCUT2D eigenvalue weighted by atomic mass is 10.1. The first-order valence-corrected chi connectivity index (χ1v) is 18.1. The Morgan fingerprint density at radius 1 is 0.580 bits per heavy atom. The van der Waals surface area contributed by atoms with Crippen molar-refractivity contribution in [2.75, 3.05) is 13.2 Å². The lowest BCUT2D eigenvalue weighted by Gasteiger charge is -2.08. The number of rotatable bonds is 12. The number of aryl methyl sites for hydroxylation is 2. The zero-order valence-electron chi connectivity index (χ0n) is 27.8. The Bertz CT molecular complexity index is 1730. The van der Waals surface area contributed by atoms with Gasteiger partial charge in [-0.3, -0.25) is 0 Å². The summed E-state index contributed by atoms with van der Waals surface area (Å²) in [4.78, 5) is 23.5. The molecule has 0 aliphatic heterocycles. The van der Waals surface area contributed by atoms with Crippen LogP contribution in [0.25, 0.3) is 0 Å². The first-order chi connectivity index (χ1) is 23.6. The molecule has 0 amide bonds. The second-order valence-corrected chi connectivity index (χ2v) is 13.8. The molecule has 0 aromatic heterocycles. The van der Waals surface area contributed by atoms with Gasteiger partial charge in [0.15, 0.2) is 12.1 Å². The molecule has 12 nitrogen and oxygen atoms in total. The van der Waals surface area contributed by atoms with Gasteiger partial charge in [0.25, 0.3) is 0 Å². The maximum absolute atomic E-state index is 11.9. The Balaban J connectivity index is 0.000000320. The van der Waals surface area contributed by atoms with E-state index in [4.69, 9.17) is 9.47 Å². The average molecular weight is 727 g/mol. The van der Waals surface area contributed by atoms with Gasteiger partial charge >= 0.3 is 11.9 Å². The molecule has 0 saturated carbocycles. The van der Waals surface area contributed by atoms with Crippen LogP contribution in [-0.4, -0.2) is 63.2 Å². The number of benzene rings is 4. The number of esters is 2. The summed E-state index contributed by atoms with van der Waals surface area (Å²) in [5, 5.41) is 0. The van der Waals surface area contributed by atoms with Gasteiger partial charge in [-0.25, -0.2) is 26.4 Å². The minimum atomic E-state index is -4.27. The number of hydrogen-bond acceptors (Lipinski definition) is 10. The molecule has 0 bridgehead atoms. The van der Waals surface area contributed by atoms with Crippen molar-refractivity contribution in [1.29, 1.82) is 0 Å². The smallest absolute Gasteiger partial charge is 0.365 e. The molecule has 4 rings (SSSR count). The van der Waals surface area contributed by atoms with E-state index in [0.29, 0.717) is 12.8 Å². The molecule has 0 fully saturated rings. The van der Waals surface area contributed by atoms with Gasteiger partial charge in [-0.1, -0.05) is 96.1 Å². The molecular formula is C36H42N2O10S2. The second-order valence-electron chi connectivity index (χ2n) is 11.0. The molecule has 6 N–H and O–H groups in total. The first-order valence-electron chi connectivity index (χ1n) is 15.3. The number of carbonyl (C=O) groups excluding carboxylic acids is 2. The molecule has 0 radical (unpaired) electrons. The van der Waals surface area contributed by atoms with Gasteiger partial charge in [0.05, 0.1) is 9.79 Å². The van der Waals surface area contributed by atoms with Crippen LogP contribution in [0, 0.1) is 13.8 Å². The van der Waals surface area contributed by atoms with Gasteiger partial charge in [-0.05, 0) is 61.4 Å². The van der Waals surface area contributed by atoms with Crippen LogP contribution in [0.1, 0.15) is 22.3 Å². The van der Waals surface area contributed by atoms with Crippen molar-refractivity contribution < 1.29 is 56.5 Å². The van der Waals surface area contributed by atoms with Gasteiger partial charge < -0.3 is 30.0 Å². The Labute approximate surface area is 293 Å². The third-order valence-corrected chi connectivity index (χ3v) is 8.45. The highest BCUT2D eigenvalue weighted by Gasteiger charge is 2.20. The predicted molar refractivity (Wildman–Crippen MR) is 183 cm³/mol. The van der Waals surface area contributed by atoms with E-state index < -0.39 is 32.3 Å². The average Bonchev–Trinajstić information content (AvgIpc) is 3.07. The van der Waals surface area contributed by atoms with Crippen molar-refractivity contribution in [1.82, 2.24) is 0 Å². The van der Waals surface area contributed by atoms with E-state index in [0.717, 1.165) is 22.3 Å². The topological polar surface area (TPSA) is 222 Å². The van der Waals surface area contributed by atoms with Crippen molar-refractivity contribution in [3.8, 4) is 0 Å². The van der Waals surface area contributed by atoms with Crippen LogP contribution < -0.4 is 11.5 Å². The van der Waals surface area contributed by atoms with Crippen LogP contribution in [-0.2, 0) is 52.1 Å². The normalized spacial score (nSPS) is 12.4. The van der Waals surface area contributed by atoms with E-state index in [1.807, 2.05) is 74.5 Å². The molecule has 0 spiro atoms. The van der Waals surface area contributed by atoms with Gasteiger partial charge in [0, 0.05) is 12.8 Å². The van der Waals surface area contributed by atoms with Crippen molar-refractivity contribution in [2.24, 2.45) is 0 Å². The molecule has 0 aliphatic carbocycles. The third-order valence-electron chi connectivity index (χ3n) is 6.75. The monoisotopic (exact) mass is 726 g/mol. The number of hydrogen-bond donors (Lipinski definition) is 2. The second kappa shape index (κ2) is 20.7. The Morgan fingerprint density at radius 2 is 0.880 bits per heavy atom. The molecule has 0 unspecified atom stereocenters. The van der Waals surface area contributed by atoms with Crippen LogP contribution >= 0.6 is 0 Å². The van der Waals surface area contributed by atoms with E-state index in [9.17, 15) is 35.5 Å². The van der Waals surface area contributed by atoms with Crippen LogP contribution in [0.3, 0.4) is 0 Å². The summed E-state index contributed by atoms with van der Waals surface area (Å²) < 4.78 is 72.7. The summed E-state index contributed by atoms with van der Waals surface area (Å²) in [7, 11) is -8.54. The maximum atomic E-state index is 11.9. The van der Waals surface area contributed by atoms with Gasteiger partial charge in [0.2, 0.25) is 0 Å². The highest BCUT2D eigenvalue weighted by molar-refractivity contribution is 7.86. The molecular weight excluding hydrogens is 685 g/mol. The summed E-state index contributed by atoms with van der Waals surface area (Å²) in [6.45, 7) is 3.88. The SMILES string of the molecule is Cc1ccc(S(=O)(=O)[O-])cc1.Cc1ccc(S(=O)(=O)[O-])cc1.[NH3+][C@@H](Cc1ccccc1)C(=O)OCC=CCOC(=O)[C@@H]([NH3+])Cc1ccccc1. The molecule has 0 heterocycles. The first kappa shape index (κ1) is 41.5. The summed E-state index contributed by atoms with van der Waals surface area (Å²) in [5.74, 6) is -0.711. The Morgan fingerprint density at radius 3 is 1.16 bits per heavy atom. The Kier molecular flexibility index (Phi) is 17.2. The molecule has 50 heavy (non-hydrogen) atoms. The summed E-state index contributed by atoms with van der Waals surface area (Å²) in [5.41, 5.74) is 11.6. The molecule has 2 atom stereocenters. The summed E-state index contributed by atoms with van der Waals surface area (Å²) in [6, 6.07) is 30.0. The standard InChI is InChI=1S/C22H26N2O4.2C7H8O3S/c23-19(15-17-9-3-1-4-10-17)21(25)27-13-7-8-14-28-22(26)20(24)16-18-11-5-2-6-12-18;2*1-6-2-4-7(5-3-6)11(8,9)10/h1-12,19-20H,13-16,23-24H2;2*2-5H,1H3,(H,8,9,10)/t19-,20-;;/m0../s1. The van der Waals surface area contributed by atoms with Crippen LogP contribution in [0.15, 0.2) is 131 Å².